The molecule has 2 aromatic rings. The number of carbonyl (C=O) groups excluding carboxylic acids is 1. The summed E-state index contributed by atoms with van der Waals surface area (Å²) in [5, 5.41) is 0.571. The highest BCUT2D eigenvalue weighted by atomic mass is 32.1. The van der Waals surface area contributed by atoms with E-state index in [1.807, 2.05) is 19.9 Å². The maximum absolute atomic E-state index is 13.9. The second-order valence-electron chi connectivity index (χ2n) is 5.10. The number of rotatable bonds is 1. The van der Waals surface area contributed by atoms with Gasteiger partial charge in [0.1, 0.15) is 5.82 Å². The summed E-state index contributed by atoms with van der Waals surface area (Å²) < 4.78 is 20.2. The van der Waals surface area contributed by atoms with Crippen LogP contribution < -0.4 is 0 Å². The monoisotopic (exact) mass is 293 g/mol. The number of nitrogens with zero attached hydrogens (tertiary/aromatic N) is 1. The lowest BCUT2D eigenvalue weighted by Gasteiger charge is -2.31. The van der Waals surface area contributed by atoms with Crippen molar-refractivity contribution >= 4 is 27.3 Å². The molecule has 1 aliphatic rings. The Balaban J connectivity index is 1.99. The number of thiophene rings is 1. The van der Waals surface area contributed by atoms with E-state index in [4.69, 9.17) is 4.74 Å². The highest BCUT2D eigenvalue weighted by Crippen LogP contribution is 2.33. The Labute approximate surface area is 121 Å². The van der Waals surface area contributed by atoms with Gasteiger partial charge in [0, 0.05) is 23.2 Å². The predicted molar refractivity (Wildman–Crippen MR) is 77.8 cm³/mol. The minimum atomic E-state index is -0.259. The van der Waals surface area contributed by atoms with E-state index in [0.717, 1.165) is 10.3 Å². The second-order valence-corrected chi connectivity index (χ2v) is 6.15. The first-order valence-electron chi connectivity index (χ1n) is 6.66. The lowest BCUT2D eigenvalue weighted by molar-refractivity contribution is -0.0122. The molecule has 1 atom stereocenters. The Morgan fingerprint density at radius 1 is 1.50 bits per heavy atom. The van der Waals surface area contributed by atoms with Crippen LogP contribution in [-0.2, 0) is 4.74 Å². The Morgan fingerprint density at radius 3 is 3.00 bits per heavy atom. The van der Waals surface area contributed by atoms with E-state index < -0.39 is 0 Å². The summed E-state index contributed by atoms with van der Waals surface area (Å²) in [5.41, 5.74) is 0.743. The van der Waals surface area contributed by atoms with E-state index in [1.54, 1.807) is 11.0 Å². The maximum Gasteiger partial charge on any atom is 0.264 e. The molecule has 1 aromatic carbocycles. The van der Waals surface area contributed by atoms with Crippen molar-refractivity contribution in [2.75, 3.05) is 19.7 Å². The molecule has 1 unspecified atom stereocenters. The number of amides is 1. The zero-order chi connectivity index (χ0) is 14.3. The van der Waals surface area contributed by atoms with E-state index in [0.29, 0.717) is 30.0 Å². The number of benzene rings is 1. The molecular weight excluding hydrogens is 277 g/mol. The van der Waals surface area contributed by atoms with Gasteiger partial charge in [-0.05, 0) is 31.5 Å². The summed E-state index contributed by atoms with van der Waals surface area (Å²) in [6.07, 6.45) is 0.0547. The van der Waals surface area contributed by atoms with Crippen LogP contribution in [0.3, 0.4) is 0 Å². The summed E-state index contributed by atoms with van der Waals surface area (Å²) in [6.45, 7) is 5.52. The van der Waals surface area contributed by atoms with Gasteiger partial charge in [-0.15, -0.1) is 11.3 Å². The highest BCUT2D eigenvalue weighted by Gasteiger charge is 2.26. The average molecular weight is 293 g/mol. The van der Waals surface area contributed by atoms with Crippen molar-refractivity contribution in [3.63, 3.8) is 0 Å². The maximum atomic E-state index is 13.9. The van der Waals surface area contributed by atoms with Gasteiger partial charge in [-0.2, -0.15) is 0 Å². The van der Waals surface area contributed by atoms with E-state index in [9.17, 15) is 9.18 Å². The van der Waals surface area contributed by atoms with E-state index in [1.165, 1.54) is 17.4 Å². The topological polar surface area (TPSA) is 29.5 Å². The van der Waals surface area contributed by atoms with E-state index >= 15 is 0 Å². The zero-order valence-corrected chi connectivity index (χ0v) is 12.3. The fourth-order valence-corrected chi connectivity index (χ4v) is 3.79. The molecule has 3 nitrogen and oxygen atoms in total. The third-order valence-electron chi connectivity index (χ3n) is 3.63. The Kier molecular flexibility index (Phi) is 3.48. The molecule has 1 aromatic heterocycles. The van der Waals surface area contributed by atoms with E-state index in [2.05, 4.69) is 0 Å². The van der Waals surface area contributed by atoms with Crippen molar-refractivity contribution < 1.29 is 13.9 Å². The Hall–Kier alpha value is -1.46. The molecule has 106 valence electrons. The lowest BCUT2D eigenvalue weighted by Crippen LogP contribution is -2.44. The second kappa shape index (κ2) is 5.14. The standard InChI is InChI=1S/C15H16FNO2S/c1-9-8-17(6-7-19-9)15(18)14-10(2)13-11(16)4-3-5-12(13)20-14/h3-5,9H,6-8H2,1-2H3. The summed E-state index contributed by atoms with van der Waals surface area (Å²) in [4.78, 5) is 15.0. The first kappa shape index (κ1) is 13.5. The molecular formula is C15H16FNO2S. The van der Waals surface area contributed by atoms with Gasteiger partial charge in [0.15, 0.2) is 0 Å². The predicted octanol–water partition coefficient (Wildman–Crippen LogP) is 3.21. The number of fused-ring (bicyclic) bond motifs is 1. The summed E-state index contributed by atoms with van der Waals surface area (Å²) in [6, 6.07) is 4.97. The van der Waals surface area contributed by atoms with Crippen molar-refractivity contribution in [3.05, 3.63) is 34.5 Å². The smallest absolute Gasteiger partial charge is 0.264 e. The van der Waals surface area contributed by atoms with E-state index in [-0.39, 0.29) is 17.8 Å². The fourth-order valence-electron chi connectivity index (χ4n) is 2.60. The summed E-state index contributed by atoms with van der Waals surface area (Å²) >= 11 is 1.37. The Bertz CT molecular complexity index is 667. The highest BCUT2D eigenvalue weighted by molar-refractivity contribution is 7.21. The molecule has 20 heavy (non-hydrogen) atoms. The minimum Gasteiger partial charge on any atom is -0.375 e. The fraction of sp³-hybridized carbons (Fsp3) is 0.400. The lowest BCUT2D eigenvalue weighted by atomic mass is 10.1. The largest absolute Gasteiger partial charge is 0.375 e. The van der Waals surface area contributed by atoms with Crippen LogP contribution in [0.1, 0.15) is 22.2 Å². The molecule has 0 saturated carbocycles. The molecule has 1 saturated heterocycles. The molecule has 0 N–H and O–H groups in total. The minimum absolute atomic E-state index is 0.0155. The number of aryl methyl sites for hydroxylation is 1. The van der Waals surface area contributed by atoms with Gasteiger partial charge >= 0.3 is 0 Å². The molecule has 2 heterocycles. The van der Waals surface area contributed by atoms with Gasteiger partial charge in [0.2, 0.25) is 0 Å². The van der Waals surface area contributed by atoms with Crippen molar-refractivity contribution in [1.82, 2.24) is 4.90 Å². The average Bonchev–Trinajstić information content (AvgIpc) is 2.76. The van der Waals surface area contributed by atoms with Crippen LogP contribution in [0, 0.1) is 12.7 Å². The van der Waals surface area contributed by atoms with Gasteiger partial charge in [0.25, 0.3) is 5.91 Å². The molecule has 1 aliphatic heterocycles. The van der Waals surface area contributed by atoms with Crippen LogP contribution in [0.25, 0.3) is 10.1 Å². The quantitative estimate of drug-likeness (QED) is 0.808. The number of morpholine rings is 1. The van der Waals surface area contributed by atoms with Crippen molar-refractivity contribution in [2.24, 2.45) is 0 Å². The van der Waals surface area contributed by atoms with Crippen LogP contribution >= 0.6 is 11.3 Å². The van der Waals surface area contributed by atoms with Crippen LogP contribution in [0.5, 0.6) is 0 Å². The molecule has 0 bridgehead atoms. The molecule has 1 fully saturated rings. The third-order valence-corrected chi connectivity index (χ3v) is 4.87. The number of carbonyl (C=O) groups is 1. The first-order valence-corrected chi connectivity index (χ1v) is 7.48. The molecule has 0 aliphatic carbocycles. The van der Waals surface area contributed by atoms with Crippen molar-refractivity contribution in [2.45, 2.75) is 20.0 Å². The van der Waals surface area contributed by atoms with Gasteiger partial charge in [0.05, 0.1) is 17.6 Å². The molecule has 0 spiro atoms. The first-order chi connectivity index (χ1) is 9.58. The van der Waals surface area contributed by atoms with Gasteiger partial charge in [-0.25, -0.2) is 4.39 Å². The third kappa shape index (κ3) is 2.21. The summed E-state index contributed by atoms with van der Waals surface area (Å²) in [7, 11) is 0. The van der Waals surface area contributed by atoms with Gasteiger partial charge < -0.3 is 9.64 Å². The zero-order valence-electron chi connectivity index (χ0n) is 11.5. The van der Waals surface area contributed by atoms with Crippen molar-refractivity contribution in [1.29, 1.82) is 0 Å². The van der Waals surface area contributed by atoms with Crippen LogP contribution in [0.15, 0.2) is 18.2 Å². The van der Waals surface area contributed by atoms with Crippen LogP contribution in [0.4, 0.5) is 4.39 Å². The number of hydrogen-bond donors (Lipinski definition) is 0. The molecule has 3 rings (SSSR count). The van der Waals surface area contributed by atoms with Gasteiger partial charge in [-0.1, -0.05) is 6.07 Å². The number of halogens is 1. The normalized spacial score (nSPS) is 19.6. The molecule has 5 heteroatoms. The number of hydrogen-bond acceptors (Lipinski definition) is 3. The van der Waals surface area contributed by atoms with Crippen LogP contribution in [0.2, 0.25) is 0 Å². The van der Waals surface area contributed by atoms with Crippen LogP contribution in [-0.4, -0.2) is 36.6 Å². The Morgan fingerprint density at radius 2 is 2.30 bits per heavy atom. The van der Waals surface area contributed by atoms with Crippen molar-refractivity contribution in [3.8, 4) is 0 Å². The number of ether oxygens (including phenoxy) is 1. The molecule has 1 amide bonds. The molecule has 0 radical (unpaired) electrons. The van der Waals surface area contributed by atoms with Gasteiger partial charge in [-0.3, -0.25) is 4.79 Å². The summed E-state index contributed by atoms with van der Waals surface area (Å²) in [5.74, 6) is -0.274. The SMILES string of the molecule is Cc1c(C(=O)N2CCOC(C)C2)sc2cccc(F)c12.